The third-order valence-corrected chi connectivity index (χ3v) is 4.49. The van der Waals surface area contributed by atoms with Gasteiger partial charge in [0.05, 0.1) is 0 Å². The first-order valence-corrected chi connectivity index (χ1v) is 7.87. The fraction of sp³-hybridized carbons (Fsp3) is 0.368. The molecule has 1 aliphatic heterocycles. The van der Waals surface area contributed by atoms with Crippen LogP contribution < -0.4 is 5.73 Å². The highest BCUT2D eigenvalue weighted by molar-refractivity contribution is 5.29. The first-order chi connectivity index (χ1) is 10.3. The second-order valence-electron chi connectivity index (χ2n) is 6.02. The maximum atomic E-state index is 6.31. The molecule has 2 atom stereocenters. The van der Waals surface area contributed by atoms with Crippen molar-refractivity contribution < 1.29 is 0 Å². The molecule has 3 rings (SSSR count). The molecule has 2 aromatic carbocycles. The molecule has 2 heteroatoms. The number of hydrogen-bond acceptors (Lipinski definition) is 2. The molecule has 1 heterocycles. The van der Waals surface area contributed by atoms with Gasteiger partial charge in [-0.05, 0) is 36.5 Å². The second kappa shape index (κ2) is 6.42. The third-order valence-electron chi connectivity index (χ3n) is 4.49. The number of nitrogens with zero attached hydrogens (tertiary/aromatic N) is 1. The molecular formula is C19H24N2. The lowest BCUT2D eigenvalue weighted by molar-refractivity contribution is 0.184. The molecule has 0 aromatic heterocycles. The molecule has 0 saturated heterocycles. The fourth-order valence-electron chi connectivity index (χ4n) is 3.46. The van der Waals surface area contributed by atoms with Crippen LogP contribution in [0, 0.1) is 0 Å². The standard InChI is InChI=1S/C19H24N2/c1-15(20)19(18-9-3-2-4-10-18)21-13-11-16-7-5-6-8-17(16)12-14-21/h2-10,15,19H,11-14,20H2,1H3. The number of hydrogen-bond donors (Lipinski definition) is 1. The summed E-state index contributed by atoms with van der Waals surface area (Å²) in [7, 11) is 0. The first kappa shape index (κ1) is 14.3. The smallest absolute Gasteiger partial charge is 0.0496 e. The SMILES string of the molecule is CC(N)C(c1ccccc1)N1CCc2ccccc2CC1. The van der Waals surface area contributed by atoms with Crippen LogP contribution in [0.5, 0.6) is 0 Å². The van der Waals surface area contributed by atoms with E-state index in [-0.39, 0.29) is 6.04 Å². The minimum Gasteiger partial charge on any atom is -0.326 e. The normalized spacial score (nSPS) is 18.6. The maximum absolute atomic E-state index is 6.31. The number of fused-ring (bicyclic) bond motifs is 1. The Hall–Kier alpha value is -1.64. The van der Waals surface area contributed by atoms with E-state index in [1.165, 1.54) is 16.7 Å². The lowest BCUT2D eigenvalue weighted by Gasteiger charge is -2.33. The van der Waals surface area contributed by atoms with Gasteiger partial charge >= 0.3 is 0 Å². The Kier molecular flexibility index (Phi) is 4.37. The summed E-state index contributed by atoms with van der Waals surface area (Å²) in [6.07, 6.45) is 2.23. The van der Waals surface area contributed by atoms with Crippen molar-refractivity contribution in [2.24, 2.45) is 5.73 Å². The molecule has 0 aliphatic carbocycles. The Morgan fingerprint density at radius 2 is 1.38 bits per heavy atom. The maximum Gasteiger partial charge on any atom is 0.0496 e. The molecule has 2 N–H and O–H groups in total. The summed E-state index contributed by atoms with van der Waals surface area (Å²) < 4.78 is 0. The quantitative estimate of drug-likeness (QED) is 0.935. The van der Waals surface area contributed by atoms with E-state index in [1.54, 1.807) is 0 Å². The molecule has 110 valence electrons. The van der Waals surface area contributed by atoms with Crippen molar-refractivity contribution in [3.8, 4) is 0 Å². The van der Waals surface area contributed by atoms with Crippen LogP contribution in [-0.4, -0.2) is 24.0 Å². The zero-order valence-corrected chi connectivity index (χ0v) is 12.7. The molecule has 2 nitrogen and oxygen atoms in total. The van der Waals surface area contributed by atoms with Crippen LogP contribution in [0.25, 0.3) is 0 Å². The summed E-state index contributed by atoms with van der Waals surface area (Å²) in [4.78, 5) is 2.56. The molecule has 0 spiro atoms. The van der Waals surface area contributed by atoms with Gasteiger partial charge in [-0.1, -0.05) is 54.6 Å². The van der Waals surface area contributed by atoms with Crippen molar-refractivity contribution in [3.05, 3.63) is 71.3 Å². The van der Waals surface area contributed by atoms with Gasteiger partial charge in [0.1, 0.15) is 0 Å². The highest BCUT2D eigenvalue weighted by Crippen LogP contribution is 2.26. The minimum absolute atomic E-state index is 0.133. The Balaban J connectivity index is 1.83. The van der Waals surface area contributed by atoms with Crippen molar-refractivity contribution in [1.82, 2.24) is 4.90 Å². The van der Waals surface area contributed by atoms with E-state index in [0.717, 1.165) is 25.9 Å². The summed E-state index contributed by atoms with van der Waals surface area (Å²) in [6.45, 7) is 4.28. The largest absolute Gasteiger partial charge is 0.326 e. The van der Waals surface area contributed by atoms with Crippen molar-refractivity contribution in [1.29, 1.82) is 0 Å². The van der Waals surface area contributed by atoms with Crippen molar-refractivity contribution in [2.75, 3.05) is 13.1 Å². The van der Waals surface area contributed by atoms with E-state index in [0.29, 0.717) is 6.04 Å². The first-order valence-electron chi connectivity index (χ1n) is 7.87. The monoisotopic (exact) mass is 280 g/mol. The number of rotatable bonds is 3. The van der Waals surface area contributed by atoms with Crippen LogP contribution in [0.2, 0.25) is 0 Å². The number of benzene rings is 2. The molecule has 0 fully saturated rings. The van der Waals surface area contributed by atoms with Gasteiger partial charge in [0.2, 0.25) is 0 Å². The van der Waals surface area contributed by atoms with Crippen molar-refractivity contribution in [2.45, 2.75) is 31.8 Å². The van der Waals surface area contributed by atoms with Crippen LogP contribution in [0.1, 0.15) is 29.7 Å². The number of nitrogens with two attached hydrogens (primary N) is 1. The van der Waals surface area contributed by atoms with Gasteiger partial charge < -0.3 is 5.73 Å². The average Bonchev–Trinajstić information content (AvgIpc) is 2.71. The molecule has 21 heavy (non-hydrogen) atoms. The predicted molar refractivity (Wildman–Crippen MR) is 88.3 cm³/mol. The minimum atomic E-state index is 0.133. The van der Waals surface area contributed by atoms with E-state index >= 15 is 0 Å². The Bertz CT molecular complexity index is 550. The van der Waals surface area contributed by atoms with Crippen LogP contribution in [-0.2, 0) is 12.8 Å². The average molecular weight is 280 g/mol. The summed E-state index contributed by atoms with van der Waals surface area (Å²) in [5.41, 5.74) is 10.6. The van der Waals surface area contributed by atoms with E-state index < -0.39 is 0 Å². The van der Waals surface area contributed by atoms with Crippen LogP contribution in [0.3, 0.4) is 0 Å². The summed E-state index contributed by atoms with van der Waals surface area (Å²) in [6, 6.07) is 20.0. The van der Waals surface area contributed by atoms with E-state index in [1.807, 2.05) is 0 Å². The van der Waals surface area contributed by atoms with Crippen LogP contribution in [0.15, 0.2) is 54.6 Å². The van der Waals surface area contributed by atoms with Gasteiger partial charge in [-0.25, -0.2) is 0 Å². The molecule has 0 saturated carbocycles. The highest BCUT2D eigenvalue weighted by atomic mass is 15.2. The van der Waals surface area contributed by atoms with Crippen molar-refractivity contribution >= 4 is 0 Å². The van der Waals surface area contributed by atoms with E-state index in [9.17, 15) is 0 Å². The fourth-order valence-corrected chi connectivity index (χ4v) is 3.46. The van der Waals surface area contributed by atoms with Gasteiger partial charge in [-0.3, -0.25) is 4.90 Å². The zero-order valence-electron chi connectivity index (χ0n) is 12.7. The van der Waals surface area contributed by atoms with E-state index in [2.05, 4.69) is 66.4 Å². The molecule has 0 amide bonds. The second-order valence-corrected chi connectivity index (χ2v) is 6.02. The summed E-state index contributed by atoms with van der Waals surface area (Å²) in [5, 5.41) is 0. The molecule has 2 aromatic rings. The lowest BCUT2D eigenvalue weighted by atomic mass is 9.99. The zero-order chi connectivity index (χ0) is 14.7. The van der Waals surface area contributed by atoms with E-state index in [4.69, 9.17) is 5.73 Å². The predicted octanol–water partition coefficient (Wildman–Crippen LogP) is 3.18. The van der Waals surface area contributed by atoms with Crippen LogP contribution in [0.4, 0.5) is 0 Å². The molecule has 1 aliphatic rings. The van der Waals surface area contributed by atoms with Gasteiger partial charge in [0, 0.05) is 25.2 Å². The molecular weight excluding hydrogens is 256 g/mol. The van der Waals surface area contributed by atoms with Gasteiger partial charge in [0.15, 0.2) is 0 Å². The Morgan fingerprint density at radius 3 is 1.90 bits per heavy atom. The molecule has 0 radical (unpaired) electrons. The van der Waals surface area contributed by atoms with Gasteiger partial charge in [-0.15, -0.1) is 0 Å². The topological polar surface area (TPSA) is 29.3 Å². The highest BCUT2D eigenvalue weighted by Gasteiger charge is 2.25. The van der Waals surface area contributed by atoms with Crippen molar-refractivity contribution in [3.63, 3.8) is 0 Å². The molecule has 2 unspecified atom stereocenters. The summed E-state index contributed by atoms with van der Waals surface area (Å²) >= 11 is 0. The Morgan fingerprint density at radius 1 is 0.857 bits per heavy atom. The van der Waals surface area contributed by atoms with Gasteiger partial charge in [-0.2, -0.15) is 0 Å². The van der Waals surface area contributed by atoms with Crippen LogP contribution >= 0.6 is 0 Å². The lowest BCUT2D eigenvalue weighted by Crippen LogP contribution is -2.40. The van der Waals surface area contributed by atoms with Gasteiger partial charge in [0.25, 0.3) is 0 Å². The summed E-state index contributed by atoms with van der Waals surface area (Å²) in [5.74, 6) is 0. The Labute approximate surface area is 127 Å². The molecule has 0 bridgehead atoms. The third kappa shape index (κ3) is 3.17.